The molecule has 1 atom stereocenters. The molecule has 0 amide bonds. The second-order valence-corrected chi connectivity index (χ2v) is 9.90. The smallest absolute Gasteiger partial charge is 0.303 e. The van der Waals surface area contributed by atoms with Crippen LogP contribution in [0.2, 0.25) is 0 Å². The molecule has 1 aromatic carbocycles. The van der Waals surface area contributed by atoms with Crippen LogP contribution >= 0.6 is 0 Å². The molecule has 2 aliphatic rings. The van der Waals surface area contributed by atoms with E-state index in [1.807, 2.05) is 0 Å². The van der Waals surface area contributed by atoms with E-state index in [0.717, 1.165) is 56.6 Å². The zero-order chi connectivity index (χ0) is 18.3. The zero-order valence-corrected chi connectivity index (χ0v) is 15.2. The first-order chi connectivity index (χ1) is 11.6. The van der Waals surface area contributed by atoms with Gasteiger partial charge in [0.15, 0.2) is 9.84 Å². The number of hydrogen-bond donors (Lipinski definition) is 0. The predicted octanol–water partition coefficient (Wildman–Crippen LogP) is 3.39. The second-order valence-electron chi connectivity index (χ2n) is 7.84. The molecule has 2 aliphatic heterocycles. The summed E-state index contributed by atoms with van der Waals surface area (Å²) in [6, 6.07) is 5.40. The monoisotopic (exact) mass is 375 g/mol. The predicted molar refractivity (Wildman–Crippen MR) is 91.1 cm³/mol. The third kappa shape index (κ3) is 4.56. The molecule has 0 bridgehead atoms. The Balaban J connectivity index is 1.46. The van der Waals surface area contributed by atoms with E-state index in [2.05, 4.69) is 11.8 Å². The number of likely N-dealkylation sites (tertiary alicyclic amines) is 1. The van der Waals surface area contributed by atoms with Crippen LogP contribution in [0.3, 0.4) is 0 Å². The zero-order valence-electron chi connectivity index (χ0n) is 14.3. The molecule has 140 valence electrons. The largest absolute Gasteiger partial charge is 0.416 e. The molecule has 1 aromatic rings. The first kappa shape index (κ1) is 18.7. The van der Waals surface area contributed by atoms with Crippen LogP contribution in [-0.4, -0.2) is 44.5 Å². The summed E-state index contributed by atoms with van der Waals surface area (Å²) in [5, 5.41) is 0. The fourth-order valence-corrected chi connectivity index (χ4v) is 6.49. The van der Waals surface area contributed by atoms with Crippen LogP contribution in [0.25, 0.3) is 0 Å². The minimum absolute atomic E-state index is 0.0198. The van der Waals surface area contributed by atoms with Crippen molar-refractivity contribution in [2.75, 3.05) is 31.1 Å². The molecule has 1 unspecified atom stereocenters. The summed E-state index contributed by atoms with van der Waals surface area (Å²) in [7, 11) is -2.78. The van der Waals surface area contributed by atoms with E-state index >= 15 is 0 Å². The molecule has 3 nitrogen and oxygen atoms in total. The average molecular weight is 375 g/mol. The quantitative estimate of drug-likeness (QED) is 0.810. The van der Waals surface area contributed by atoms with Crippen molar-refractivity contribution in [2.24, 2.45) is 11.3 Å². The molecule has 2 saturated heterocycles. The minimum Gasteiger partial charge on any atom is -0.303 e. The van der Waals surface area contributed by atoms with Gasteiger partial charge in [-0.2, -0.15) is 13.2 Å². The van der Waals surface area contributed by atoms with E-state index in [1.165, 1.54) is 0 Å². The first-order valence-corrected chi connectivity index (χ1v) is 10.5. The lowest BCUT2D eigenvalue weighted by molar-refractivity contribution is -0.137. The molecule has 0 aromatic heterocycles. The SMILES string of the molecule is CC(Cc1ccc(C(F)(F)F)cc1)CN1CCC2(CC1)CS(=O)(=O)C2. The Bertz CT molecular complexity index is 691. The van der Waals surface area contributed by atoms with Crippen molar-refractivity contribution in [3.05, 3.63) is 35.4 Å². The van der Waals surface area contributed by atoms with Gasteiger partial charge in [-0.3, -0.25) is 0 Å². The van der Waals surface area contributed by atoms with Crippen LogP contribution in [0.15, 0.2) is 24.3 Å². The number of sulfone groups is 1. The summed E-state index contributed by atoms with van der Waals surface area (Å²) in [5.41, 5.74) is 0.325. The number of halogens is 3. The van der Waals surface area contributed by atoms with Gasteiger partial charge in [-0.15, -0.1) is 0 Å². The lowest BCUT2D eigenvalue weighted by atomic mass is 9.81. The lowest BCUT2D eigenvalue weighted by Gasteiger charge is -2.47. The van der Waals surface area contributed by atoms with E-state index < -0.39 is 21.6 Å². The second kappa shape index (κ2) is 6.58. The van der Waals surface area contributed by atoms with Crippen molar-refractivity contribution >= 4 is 9.84 Å². The van der Waals surface area contributed by atoms with Gasteiger partial charge in [0.2, 0.25) is 0 Å². The molecule has 3 rings (SSSR count). The van der Waals surface area contributed by atoms with E-state index in [0.29, 0.717) is 17.4 Å². The molecule has 0 saturated carbocycles. The molecule has 2 heterocycles. The van der Waals surface area contributed by atoms with Crippen molar-refractivity contribution in [1.82, 2.24) is 4.90 Å². The van der Waals surface area contributed by atoms with Gasteiger partial charge >= 0.3 is 6.18 Å². The Hall–Kier alpha value is -1.08. The molecule has 1 spiro atoms. The van der Waals surface area contributed by atoms with Gasteiger partial charge in [0, 0.05) is 12.0 Å². The third-order valence-electron chi connectivity index (χ3n) is 5.40. The van der Waals surface area contributed by atoms with Crippen LogP contribution in [-0.2, 0) is 22.4 Å². The number of rotatable bonds is 4. The Morgan fingerprint density at radius 1 is 1.12 bits per heavy atom. The maximum absolute atomic E-state index is 12.6. The Morgan fingerprint density at radius 3 is 2.16 bits per heavy atom. The van der Waals surface area contributed by atoms with Gasteiger partial charge in [-0.1, -0.05) is 19.1 Å². The van der Waals surface area contributed by atoms with Crippen LogP contribution < -0.4 is 0 Å². The van der Waals surface area contributed by atoms with E-state index in [4.69, 9.17) is 0 Å². The number of piperidine rings is 1. The van der Waals surface area contributed by atoms with Crippen LogP contribution in [0.4, 0.5) is 13.2 Å². The molecule has 2 fully saturated rings. The molecular formula is C18H24F3NO2S. The summed E-state index contributed by atoms with van der Waals surface area (Å²) < 4.78 is 60.6. The summed E-state index contributed by atoms with van der Waals surface area (Å²) in [5.74, 6) is 1.03. The van der Waals surface area contributed by atoms with Crippen molar-refractivity contribution in [1.29, 1.82) is 0 Å². The third-order valence-corrected chi connectivity index (χ3v) is 7.51. The number of nitrogens with zero attached hydrogens (tertiary/aromatic N) is 1. The van der Waals surface area contributed by atoms with Gasteiger partial charge in [0.25, 0.3) is 0 Å². The molecule has 0 aliphatic carbocycles. The Morgan fingerprint density at radius 2 is 1.68 bits per heavy atom. The van der Waals surface area contributed by atoms with Crippen molar-refractivity contribution in [2.45, 2.75) is 32.4 Å². The number of hydrogen-bond acceptors (Lipinski definition) is 3. The minimum atomic E-state index is -4.29. The van der Waals surface area contributed by atoms with Gasteiger partial charge in [-0.05, 0) is 56.0 Å². The highest BCUT2D eigenvalue weighted by Crippen LogP contribution is 2.42. The first-order valence-electron chi connectivity index (χ1n) is 8.66. The maximum Gasteiger partial charge on any atom is 0.416 e. The van der Waals surface area contributed by atoms with Gasteiger partial charge in [-0.25, -0.2) is 8.42 Å². The fraction of sp³-hybridized carbons (Fsp3) is 0.667. The van der Waals surface area contributed by atoms with Crippen LogP contribution in [0, 0.1) is 11.3 Å². The summed E-state index contributed by atoms with van der Waals surface area (Å²) in [4.78, 5) is 2.35. The Labute approximate surface area is 147 Å². The van der Waals surface area contributed by atoms with Crippen molar-refractivity contribution in [3.63, 3.8) is 0 Å². The van der Waals surface area contributed by atoms with Gasteiger partial charge in [0.05, 0.1) is 17.1 Å². The summed E-state index contributed by atoms with van der Waals surface area (Å²) in [6.07, 6.45) is -1.68. The van der Waals surface area contributed by atoms with Gasteiger partial charge < -0.3 is 4.90 Å². The van der Waals surface area contributed by atoms with Crippen molar-refractivity contribution in [3.8, 4) is 0 Å². The van der Waals surface area contributed by atoms with Crippen LogP contribution in [0.1, 0.15) is 30.9 Å². The standard InChI is InChI=1S/C18H24F3NO2S/c1-14(10-15-2-4-16(5-3-15)18(19,20)21)11-22-8-6-17(7-9-22)12-25(23,24)13-17/h2-5,14H,6-13H2,1H3. The molecule has 7 heteroatoms. The normalized spacial score (nSPS) is 24.0. The summed E-state index contributed by atoms with van der Waals surface area (Å²) in [6.45, 7) is 4.82. The van der Waals surface area contributed by atoms with Gasteiger partial charge in [0.1, 0.15) is 0 Å². The summed E-state index contributed by atoms with van der Waals surface area (Å²) >= 11 is 0. The molecule has 0 N–H and O–H groups in total. The molecule has 25 heavy (non-hydrogen) atoms. The van der Waals surface area contributed by atoms with Crippen LogP contribution in [0.5, 0.6) is 0 Å². The van der Waals surface area contributed by atoms with E-state index in [1.54, 1.807) is 12.1 Å². The van der Waals surface area contributed by atoms with E-state index in [9.17, 15) is 21.6 Å². The molecule has 0 radical (unpaired) electrons. The lowest BCUT2D eigenvalue weighted by Crippen LogP contribution is -2.55. The van der Waals surface area contributed by atoms with Crippen molar-refractivity contribution < 1.29 is 21.6 Å². The topological polar surface area (TPSA) is 37.4 Å². The highest BCUT2D eigenvalue weighted by molar-refractivity contribution is 7.92. The fourth-order valence-electron chi connectivity index (χ4n) is 4.13. The average Bonchev–Trinajstić information content (AvgIpc) is 2.47. The maximum atomic E-state index is 12.6. The Kier molecular flexibility index (Phi) is 4.92. The highest BCUT2D eigenvalue weighted by Gasteiger charge is 2.49. The molecular weight excluding hydrogens is 351 g/mol. The number of alkyl halides is 3. The number of benzene rings is 1. The van der Waals surface area contributed by atoms with E-state index in [-0.39, 0.29) is 5.41 Å². The highest BCUT2D eigenvalue weighted by atomic mass is 32.2.